The van der Waals surface area contributed by atoms with Crippen molar-refractivity contribution < 1.29 is 9.53 Å². The van der Waals surface area contributed by atoms with E-state index in [-0.39, 0.29) is 5.91 Å². The van der Waals surface area contributed by atoms with Crippen molar-refractivity contribution >= 4 is 23.2 Å². The van der Waals surface area contributed by atoms with Crippen LogP contribution in [0.3, 0.4) is 0 Å². The fourth-order valence-electron chi connectivity index (χ4n) is 3.03. The Labute approximate surface area is 154 Å². The topological polar surface area (TPSA) is 32.8 Å². The van der Waals surface area contributed by atoms with Gasteiger partial charge in [-0.2, -0.15) is 0 Å². The van der Waals surface area contributed by atoms with Crippen LogP contribution >= 0.6 is 11.6 Å². The van der Waals surface area contributed by atoms with Gasteiger partial charge in [-0.25, -0.2) is 0 Å². The number of hydrogen-bond donors (Lipinski definition) is 0. The molecule has 1 saturated heterocycles. The van der Waals surface area contributed by atoms with E-state index in [9.17, 15) is 4.79 Å². The van der Waals surface area contributed by atoms with Gasteiger partial charge in [0.15, 0.2) is 6.10 Å². The Bertz CT molecular complexity index is 700. The number of carbonyl (C=O) groups is 1. The SMILES string of the molecule is CC[C@@H](Oc1ccccc1Cl)C(=O)N1CCN(c2ccccc2)CC1. The van der Waals surface area contributed by atoms with Crippen LogP contribution in [-0.4, -0.2) is 43.1 Å². The van der Waals surface area contributed by atoms with Crippen LogP contribution < -0.4 is 9.64 Å². The van der Waals surface area contributed by atoms with Gasteiger partial charge in [-0.3, -0.25) is 4.79 Å². The summed E-state index contributed by atoms with van der Waals surface area (Å²) in [6.45, 7) is 5.03. The summed E-state index contributed by atoms with van der Waals surface area (Å²) in [7, 11) is 0. The molecule has 0 radical (unpaired) electrons. The highest BCUT2D eigenvalue weighted by molar-refractivity contribution is 6.32. The average molecular weight is 359 g/mol. The summed E-state index contributed by atoms with van der Waals surface area (Å²) in [5.74, 6) is 0.599. The third-order valence-electron chi connectivity index (χ3n) is 4.46. The fourth-order valence-corrected chi connectivity index (χ4v) is 3.21. The number of amides is 1. The van der Waals surface area contributed by atoms with Crippen LogP contribution in [0, 0.1) is 0 Å². The number of para-hydroxylation sites is 2. The maximum Gasteiger partial charge on any atom is 0.263 e. The van der Waals surface area contributed by atoms with Crippen molar-refractivity contribution in [2.75, 3.05) is 31.1 Å². The molecule has 1 heterocycles. The van der Waals surface area contributed by atoms with Crippen molar-refractivity contribution in [1.29, 1.82) is 0 Å². The van der Waals surface area contributed by atoms with Crippen molar-refractivity contribution in [3.8, 4) is 5.75 Å². The molecule has 3 rings (SSSR count). The maximum atomic E-state index is 12.8. The monoisotopic (exact) mass is 358 g/mol. The molecule has 2 aromatic carbocycles. The minimum atomic E-state index is -0.497. The lowest BCUT2D eigenvalue weighted by Gasteiger charge is -2.37. The van der Waals surface area contributed by atoms with E-state index < -0.39 is 6.10 Å². The molecule has 1 fully saturated rings. The Hall–Kier alpha value is -2.20. The van der Waals surface area contributed by atoms with Gasteiger partial charge in [-0.05, 0) is 30.7 Å². The zero-order valence-electron chi connectivity index (χ0n) is 14.4. The molecule has 0 N–H and O–H groups in total. The summed E-state index contributed by atoms with van der Waals surface area (Å²) in [6.07, 6.45) is 0.117. The lowest BCUT2D eigenvalue weighted by Crippen LogP contribution is -2.52. The van der Waals surface area contributed by atoms with Crippen LogP contribution in [-0.2, 0) is 4.79 Å². The Morgan fingerprint density at radius 1 is 1.04 bits per heavy atom. The number of piperazine rings is 1. The van der Waals surface area contributed by atoms with Crippen molar-refractivity contribution in [2.24, 2.45) is 0 Å². The standard InChI is InChI=1S/C20H23ClN2O2/c1-2-18(25-19-11-7-6-10-17(19)21)20(24)23-14-12-22(13-15-23)16-8-4-3-5-9-16/h3-11,18H,2,12-15H2,1H3/t18-/m1/s1. The Balaban J connectivity index is 1.60. The summed E-state index contributed by atoms with van der Waals surface area (Å²) < 4.78 is 5.88. The smallest absolute Gasteiger partial charge is 0.263 e. The molecule has 0 aliphatic carbocycles. The molecule has 0 spiro atoms. The molecular formula is C20H23ClN2O2. The van der Waals surface area contributed by atoms with Crippen LogP contribution in [0.4, 0.5) is 5.69 Å². The molecule has 5 heteroatoms. The van der Waals surface area contributed by atoms with Crippen LogP contribution in [0.5, 0.6) is 5.75 Å². The van der Waals surface area contributed by atoms with Gasteiger partial charge in [0.2, 0.25) is 0 Å². The molecule has 0 bridgehead atoms. The quantitative estimate of drug-likeness (QED) is 0.814. The van der Waals surface area contributed by atoms with E-state index in [0.717, 1.165) is 13.1 Å². The van der Waals surface area contributed by atoms with E-state index in [1.54, 1.807) is 12.1 Å². The number of carbonyl (C=O) groups excluding carboxylic acids is 1. The summed E-state index contributed by atoms with van der Waals surface area (Å²) in [5.41, 5.74) is 1.20. The number of hydrogen-bond acceptors (Lipinski definition) is 3. The van der Waals surface area contributed by atoms with Gasteiger partial charge < -0.3 is 14.5 Å². The molecule has 132 valence electrons. The first-order valence-corrected chi connectivity index (χ1v) is 9.07. The summed E-state index contributed by atoms with van der Waals surface area (Å²) in [5, 5.41) is 0.530. The first-order chi connectivity index (χ1) is 12.2. The Morgan fingerprint density at radius 2 is 1.68 bits per heavy atom. The van der Waals surface area contributed by atoms with Gasteiger partial charge in [-0.1, -0.05) is 48.9 Å². The summed E-state index contributed by atoms with van der Waals surface area (Å²) >= 11 is 6.15. The molecule has 0 saturated carbocycles. The summed E-state index contributed by atoms with van der Waals surface area (Å²) in [4.78, 5) is 17.0. The van der Waals surface area contributed by atoms with Crippen molar-refractivity contribution in [1.82, 2.24) is 4.90 Å². The molecule has 0 aromatic heterocycles. The Morgan fingerprint density at radius 3 is 2.32 bits per heavy atom. The summed E-state index contributed by atoms with van der Waals surface area (Å²) in [6, 6.07) is 17.6. The van der Waals surface area contributed by atoms with Gasteiger partial charge in [0.05, 0.1) is 5.02 Å². The molecule has 2 aromatic rings. The minimum Gasteiger partial charge on any atom is -0.479 e. The van der Waals surface area contributed by atoms with Crippen LogP contribution in [0.15, 0.2) is 54.6 Å². The molecular weight excluding hydrogens is 336 g/mol. The molecule has 4 nitrogen and oxygen atoms in total. The van der Waals surface area contributed by atoms with Gasteiger partial charge >= 0.3 is 0 Å². The molecule has 25 heavy (non-hydrogen) atoms. The van der Waals surface area contributed by atoms with Crippen molar-refractivity contribution in [3.63, 3.8) is 0 Å². The number of nitrogens with zero attached hydrogens (tertiary/aromatic N) is 2. The Kier molecular flexibility index (Phi) is 5.82. The van der Waals surface area contributed by atoms with E-state index >= 15 is 0 Å². The second kappa shape index (κ2) is 8.26. The lowest BCUT2D eigenvalue weighted by atomic mass is 10.2. The van der Waals surface area contributed by atoms with Gasteiger partial charge in [0.1, 0.15) is 5.75 Å². The van der Waals surface area contributed by atoms with E-state index in [2.05, 4.69) is 17.0 Å². The number of rotatable bonds is 5. The zero-order valence-corrected chi connectivity index (χ0v) is 15.2. The molecule has 0 unspecified atom stereocenters. The third-order valence-corrected chi connectivity index (χ3v) is 4.78. The van der Waals surface area contributed by atoms with E-state index in [1.807, 2.05) is 42.2 Å². The first-order valence-electron chi connectivity index (χ1n) is 8.69. The number of benzene rings is 2. The molecule has 1 atom stereocenters. The minimum absolute atomic E-state index is 0.0372. The molecule has 1 aliphatic rings. The highest BCUT2D eigenvalue weighted by Crippen LogP contribution is 2.25. The van der Waals surface area contributed by atoms with Crippen LogP contribution in [0.25, 0.3) is 0 Å². The third kappa shape index (κ3) is 4.26. The lowest BCUT2D eigenvalue weighted by molar-refractivity contribution is -0.139. The van der Waals surface area contributed by atoms with Crippen molar-refractivity contribution in [2.45, 2.75) is 19.4 Å². The second-order valence-corrected chi connectivity index (χ2v) is 6.50. The highest BCUT2D eigenvalue weighted by atomic mass is 35.5. The number of anilines is 1. The normalized spacial score (nSPS) is 15.8. The average Bonchev–Trinajstić information content (AvgIpc) is 2.68. The highest BCUT2D eigenvalue weighted by Gasteiger charge is 2.28. The van der Waals surface area contributed by atoms with Gasteiger partial charge in [0.25, 0.3) is 5.91 Å². The predicted molar refractivity (Wildman–Crippen MR) is 101 cm³/mol. The number of ether oxygens (including phenoxy) is 1. The van der Waals surface area contributed by atoms with E-state index in [4.69, 9.17) is 16.3 Å². The van der Waals surface area contributed by atoms with Crippen LogP contribution in [0.1, 0.15) is 13.3 Å². The van der Waals surface area contributed by atoms with Gasteiger partial charge in [-0.15, -0.1) is 0 Å². The van der Waals surface area contributed by atoms with Crippen LogP contribution in [0.2, 0.25) is 5.02 Å². The molecule has 1 aliphatic heterocycles. The van der Waals surface area contributed by atoms with E-state index in [1.165, 1.54) is 5.69 Å². The predicted octanol–water partition coefficient (Wildman–Crippen LogP) is 3.85. The second-order valence-electron chi connectivity index (χ2n) is 6.09. The maximum absolute atomic E-state index is 12.8. The first kappa shape index (κ1) is 17.6. The van der Waals surface area contributed by atoms with E-state index in [0.29, 0.717) is 30.3 Å². The van der Waals surface area contributed by atoms with Crippen molar-refractivity contribution in [3.05, 3.63) is 59.6 Å². The van der Waals surface area contributed by atoms with Gasteiger partial charge in [0, 0.05) is 31.9 Å². The largest absolute Gasteiger partial charge is 0.479 e. The zero-order chi connectivity index (χ0) is 17.6. The number of halogens is 1. The molecule has 1 amide bonds. The fraction of sp³-hybridized carbons (Fsp3) is 0.350.